The molecule has 2 heterocycles. The summed E-state index contributed by atoms with van der Waals surface area (Å²) in [6.07, 6.45) is 1.96. The van der Waals surface area contributed by atoms with Crippen molar-refractivity contribution in [2.75, 3.05) is 16.8 Å². The third-order valence-electron chi connectivity index (χ3n) is 5.33. The van der Waals surface area contributed by atoms with E-state index in [2.05, 4.69) is 10.3 Å². The summed E-state index contributed by atoms with van der Waals surface area (Å²) >= 11 is 11.9. The summed E-state index contributed by atoms with van der Waals surface area (Å²) in [6.45, 7) is 0.460. The highest BCUT2D eigenvalue weighted by Gasteiger charge is 2.27. The van der Waals surface area contributed by atoms with Crippen LogP contribution in [-0.2, 0) is 5.88 Å². The summed E-state index contributed by atoms with van der Waals surface area (Å²) in [7, 11) is 0. The highest BCUT2D eigenvalue weighted by Crippen LogP contribution is 2.35. The largest absolute Gasteiger partial charge is 0.388 e. The molecule has 8 heteroatoms. The number of hydrogen-bond acceptors (Lipinski definition) is 4. The van der Waals surface area contributed by atoms with Gasteiger partial charge in [0.1, 0.15) is 5.69 Å². The van der Waals surface area contributed by atoms with Crippen molar-refractivity contribution in [3.05, 3.63) is 88.2 Å². The molecule has 0 fully saturated rings. The van der Waals surface area contributed by atoms with E-state index in [4.69, 9.17) is 23.2 Å². The molecule has 1 atom stereocenters. The fourth-order valence-electron chi connectivity index (χ4n) is 3.70. The van der Waals surface area contributed by atoms with E-state index >= 15 is 0 Å². The van der Waals surface area contributed by atoms with Crippen LogP contribution in [0, 0.1) is 0 Å². The van der Waals surface area contributed by atoms with Gasteiger partial charge in [-0.05, 0) is 60.9 Å². The number of hydrogen-bond donors (Lipinski definition) is 2. The van der Waals surface area contributed by atoms with Crippen LogP contribution in [0.4, 0.5) is 11.4 Å². The molecular formula is C24H21Cl2N3O3. The highest BCUT2D eigenvalue weighted by molar-refractivity contribution is 6.30. The third kappa shape index (κ3) is 4.78. The van der Waals surface area contributed by atoms with Gasteiger partial charge in [-0.2, -0.15) is 0 Å². The number of carbonyl (C=O) groups is 2. The maximum absolute atomic E-state index is 13.2. The van der Waals surface area contributed by atoms with E-state index in [0.29, 0.717) is 52.8 Å². The Balaban J connectivity index is 1.52. The van der Waals surface area contributed by atoms with Crippen molar-refractivity contribution in [1.29, 1.82) is 0 Å². The summed E-state index contributed by atoms with van der Waals surface area (Å²) in [5.74, 6) is -0.247. The van der Waals surface area contributed by atoms with E-state index in [-0.39, 0.29) is 17.5 Å². The number of nitrogens with zero attached hydrogens (tertiary/aromatic N) is 2. The molecule has 0 bridgehead atoms. The Bertz CT molecular complexity index is 1150. The summed E-state index contributed by atoms with van der Waals surface area (Å²) < 4.78 is 0. The lowest BCUT2D eigenvalue weighted by atomic mass is 10.0. The van der Waals surface area contributed by atoms with Gasteiger partial charge in [0.05, 0.1) is 18.0 Å². The number of nitrogens with one attached hydrogen (secondary N) is 1. The van der Waals surface area contributed by atoms with E-state index in [1.807, 2.05) is 6.07 Å². The van der Waals surface area contributed by atoms with Crippen molar-refractivity contribution in [2.45, 2.75) is 24.8 Å². The first-order chi connectivity index (χ1) is 15.5. The smallest absolute Gasteiger partial charge is 0.276 e. The minimum Gasteiger partial charge on any atom is -0.388 e. The van der Waals surface area contributed by atoms with Crippen molar-refractivity contribution in [2.24, 2.45) is 0 Å². The Morgan fingerprint density at radius 1 is 1.16 bits per heavy atom. The molecule has 1 unspecified atom stereocenters. The maximum atomic E-state index is 13.2. The van der Waals surface area contributed by atoms with Gasteiger partial charge in [-0.3, -0.25) is 9.59 Å². The van der Waals surface area contributed by atoms with Crippen LogP contribution < -0.4 is 10.2 Å². The van der Waals surface area contributed by atoms with Crippen LogP contribution in [0.3, 0.4) is 0 Å². The van der Waals surface area contributed by atoms with E-state index < -0.39 is 6.10 Å². The van der Waals surface area contributed by atoms with Crippen LogP contribution >= 0.6 is 23.2 Å². The number of aliphatic hydroxyl groups excluding tert-OH is 1. The number of aliphatic hydroxyl groups is 1. The van der Waals surface area contributed by atoms with Crippen LogP contribution in [0.1, 0.15) is 50.9 Å². The van der Waals surface area contributed by atoms with Gasteiger partial charge in [-0.15, -0.1) is 11.6 Å². The minimum absolute atomic E-state index is 0.240. The lowest BCUT2D eigenvalue weighted by Crippen LogP contribution is -2.32. The zero-order valence-corrected chi connectivity index (χ0v) is 18.6. The van der Waals surface area contributed by atoms with Gasteiger partial charge in [-0.1, -0.05) is 23.7 Å². The number of benzene rings is 2. The van der Waals surface area contributed by atoms with Crippen LogP contribution in [-0.4, -0.2) is 28.4 Å². The first-order valence-corrected chi connectivity index (χ1v) is 11.1. The summed E-state index contributed by atoms with van der Waals surface area (Å²) in [5.41, 5.74) is 3.31. The number of pyridine rings is 1. The average Bonchev–Trinajstić information content (AvgIpc) is 2.97. The molecule has 1 aromatic heterocycles. The van der Waals surface area contributed by atoms with Gasteiger partial charge in [-0.25, -0.2) is 4.98 Å². The molecule has 0 saturated carbocycles. The van der Waals surface area contributed by atoms with Gasteiger partial charge >= 0.3 is 0 Å². The number of anilines is 2. The van der Waals surface area contributed by atoms with Crippen molar-refractivity contribution < 1.29 is 14.7 Å². The summed E-state index contributed by atoms with van der Waals surface area (Å²) in [6, 6.07) is 15.4. The fourth-order valence-corrected chi connectivity index (χ4v) is 4.05. The number of alkyl halides is 1. The minimum atomic E-state index is -0.677. The molecule has 164 valence electrons. The van der Waals surface area contributed by atoms with Crippen LogP contribution in [0.25, 0.3) is 0 Å². The van der Waals surface area contributed by atoms with Crippen molar-refractivity contribution in [3.63, 3.8) is 0 Å². The van der Waals surface area contributed by atoms with Crippen LogP contribution in [0.2, 0.25) is 5.02 Å². The SMILES string of the molecule is O=C(Nc1ccc(C(=O)N2CCCC(O)c3cc(Cl)ccc32)nc1)c1cccc(CCl)c1. The summed E-state index contributed by atoms with van der Waals surface area (Å²) in [5, 5.41) is 13.7. The zero-order chi connectivity index (χ0) is 22.7. The Kier molecular flexibility index (Phi) is 6.74. The normalized spacial score (nSPS) is 15.6. The van der Waals surface area contributed by atoms with Gasteiger partial charge < -0.3 is 15.3 Å². The standard InChI is InChI=1S/C24H21Cl2N3O3/c25-13-15-3-1-4-16(11-15)23(31)28-18-7-8-20(27-14-18)24(32)29-10-2-5-22(30)19-12-17(26)6-9-21(19)29/h1,3-4,6-9,11-12,14,22,30H,2,5,10,13H2,(H,28,31). The third-order valence-corrected chi connectivity index (χ3v) is 5.87. The highest BCUT2D eigenvalue weighted by atomic mass is 35.5. The molecular weight excluding hydrogens is 449 g/mol. The number of halogens is 2. The Labute approximate surface area is 195 Å². The van der Waals surface area contributed by atoms with Gasteiger partial charge in [0.15, 0.2) is 0 Å². The molecule has 6 nitrogen and oxygen atoms in total. The second kappa shape index (κ2) is 9.69. The average molecular weight is 470 g/mol. The zero-order valence-electron chi connectivity index (χ0n) is 17.1. The van der Waals surface area contributed by atoms with Crippen LogP contribution in [0.5, 0.6) is 0 Å². The molecule has 0 saturated heterocycles. The Morgan fingerprint density at radius 3 is 2.75 bits per heavy atom. The monoisotopic (exact) mass is 469 g/mol. The van der Waals surface area contributed by atoms with E-state index in [1.165, 1.54) is 6.20 Å². The second-order valence-corrected chi connectivity index (χ2v) is 8.24. The second-order valence-electron chi connectivity index (χ2n) is 7.54. The van der Waals surface area contributed by atoms with E-state index in [9.17, 15) is 14.7 Å². The van der Waals surface area contributed by atoms with E-state index in [1.54, 1.807) is 53.4 Å². The van der Waals surface area contributed by atoms with Gasteiger partial charge in [0.2, 0.25) is 0 Å². The number of amides is 2. The Hall–Kier alpha value is -2.93. The predicted octanol–water partition coefficient (Wildman–Crippen LogP) is 5.20. The molecule has 4 rings (SSSR count). The van der Waals surface area contributed by atoms with Crippen LogP contribution in [0.15, 0.2) is 60.8 Å². The molecule has 32 heavy (non-hydrogen) atoms. The molecule has 3 aromatic rings. The molecule has 2 amide bonds. The molecule has 2 N–H and O–H groups in total. The molecule has 0 aliphatic carbocycles. The molecule has 1 aliphatic heterocycles. The molecule has 2 aromatic carbocycles. The van der Waals surface area contributed by atoms with Crippen molar-refractivity contribution in [1.82, 2.24) is 4.98 Å². The van der Waals surface area contributed by atoms with E-state index in [0.717, 1.165) is 5.56 Å². The molecule has 0 radical (unpaired) electrons. The number of fused-ring (bicyclic) bond motifs is 1. The van der Waals surface area contributed by atoms with Crippen molar-refractivity contribution >= 4 is 46.4 Å². The molecule has 1 aliphatic rings. The van der Waals surface area contributed by atoms with Gasteiger partial charge in [0.25, 0.3) is 11.8 Å². The lowest BCUT2D eigenvalue weighted by Gasteiger charge is -2.23. The van der Waals surface area contributed by atoms with Crippen molar-refractivity contribution in [3.8, 4) is 0 Å². The fraction of sp³-hybridized carbons (Fsp3) is 0.208. The quantitative estimate of drug-likeness (QED) is 0.514. The first-order valence-electron chi connectivity index (χ1n) is 10.2. The number of aromatic nitrogens is 1. The maximum Gasteiger partial charge on any atom is 0.276 e. The predicted molar refractivity (Wildman–Crippen MR) is 126 cm³/mol. The van der Waals surface area contributed by atoms with Gasteiger partial charge in [0, 0.05) is 34.3 Å². The number of rotatable bonds is 4. The summed E-state index contributed by atoms with van der Waals surface area (Å²) in [4.78, 5) is 31.5. The topological polar surface area (TPSA) is 82.5 Å². The lowest BCUT2D eigenvalue weighted by molar-refractivity contribution is 0.0981. The Morgan fingerprint density at radius 2 is 2.00 bits per heavy atom. The number of carbonyl (C=O) groups excluding carboxylic acids is 2. The first kappa shape index (κ1) is 22.3. The molecule has 0 spiro atoms.